The quantitative estimate of drug-likeness (QED) is 0.334. The van der Waals surface area contributed by atoms with Gasteiger partial charge in [-0.15, -0.1) is 0 Å². The van der Waals surface area contributed by atoms with Gasteiger partial charge in [-0.05, 0) is 71.8 Å². The molecule has 2 saturated heterocycles. The van der Waals surface area contributed by atoms with Crippen LogP contribution in [-0.4, -0.2) is 50.7 Å². The third-order valence-electron chi connectivity index (χ3n) is 6.93. The fourth-order valence-electron chi connectivity index (χ4n) is 4.62. The van der Waals surface area contributed by atoms with Crippen molar-refractivity contribution in [3.63, 3.8) is 0 Å². The number of aliphatic carboxylic acids is 1. The van der Waals surface area contributed by atoms with Gasteiger partial charge in [-0.3, -0.25) is 0 Å². The van der Waals surface area contributed by atoms with Crippen molar-refractivity contribution in [2.75, 3.05) is 39.6 Å². The Morgan fingerprint density at radius 2 is 1.71 bits per heavy atom. The molecule has 0 aliphatic carbocycles. The molecule has 0 radical (unpaired) electrons. The van der Waals surface area contributed by atoms with E-state index in [0.29, 0.717) is 43.1 Å². The number of halogens is 1. The minimum absolute atomic E-state index is 0.332. The van der Waals surface area contributed by atoms with E-state index >= 15 is 0 Å². The number of carboxylic acid groups (broad SMARTS) is 1. The number of rotatable bonds is 11. The van der Waals surface area contributed by atoms with Crippen LogP contribution in [0, 0.1) is 5.92 Å². The van der Waals surface area contributed by atoms with Gasteiger partial charge in [0.15, 0.2) is 0 Å². The molecule has 5 rings (SSSR count). The molecular weight excluding hydrogens is 508 g/mol. The van der Waals surface area contributed by atoms with E-state index in [4.69, 9.17) is 40.4 Å². The van der Waals surface area contributed by atoms with Gasteiger partial charge in [0.2, 0.25) is 0 Å². The van der Waals surface area contributed by atoms with E-state index in [1.165, 1.54) is 0 Å². The predicted octanol–water partition coefficient (Wildman–Crippen LogP) is 5.72. The standard InChI is InChI=1S/C30H31ClO7/c31-28-15-26(37-16-21-10-12-34-13-11-21)8-9-27(28)23-3-1-2-22(14-23)17-36-25-6-4-24(5-7-25)30(19-35-20-30)38-18-29(32)33/h1-9,14-15,21H,10-13,16-20H2,(H,32,33). The first-order valence-corrected chi connectivity index (χ1v) is 13.1. The van der Waals surface area contributed by atoms with Crippen molar-refractivity contribution in [1.29, 1.82) is 0 Å². The molecular formula is C30H31ClO7. The molecule has 2 aliphatic rings. The molecule has 2 fully saturated rings. The maximum absolute atomic E-state index is 10.9. The van der Waals surface area contributed by atoms with E-state index in [-0.39, 0.29) is 6.61 Å². The molecule has 3 aromatic carbocycles. The third kappa shape index (κ3) is 6.48. The van der Waals surface area contributed by atoms with Crippen molar-refractivity contribution >= 4 is 17.6 Å². The second-order valence-electron chi connectivity index (χ2n) is 9.69. The summed E-state index contributed by atoms with van der Waals surface area (Å²) in [6.07, 6.45) is 2.06. The second-order valence-corrected chi connectivity index (χ2v) is 10.1. The fourth-order valence-corrected chi connectivity index (χ4v) is 4.90. The molecule has 3 aromatic rings. The van der Waals surface area contributed by atoms with Gasteiger partial charge in [-0.2, -0.15) is 0 Å². The minimum Gasteiger partial charge on any atom is -0.493 e. The highest BCUT2D eigenvalue weighted by Gasteiger charge is 2.42. The lowest BCUT2D eigenvalue weighted by atomic mass is 9.91. The Bertz CT molecular complexity index is 1230. The van der Waals surface area contributed by atoms with Crippen LogP contribution in [0.1, 0.15) is 24.0 Å². The van der Waals surface area contributed by atoms with Crippen molar-refractivity contribution in [1.82, 2.24) is 0 Å². The summed E-state index contributed by atoms with van der Waals surface area (Å²) >= 11 is 6.64. The minimum atomic E-state index is -1.01. The summed E-state index contributed by atoms with van der Waals surface area (Å²) in [5, 5.41) is 9.59. The van der Waals surface area contributed by atoms with E-state index in [0.717, 1.165) is 54.1 Å². The van der Waals surface area contributed by atoms with Crippen LogP contribution in [0.15, 0.2) is 66.7 Å². The summed E-state index contributed by atoms with van der Waals surface area (Å²) in [6, 6.07) is 21.4. The molecule has 0 spiro atoms. The van der Waals surface area contributed by atoms with Crippen molar-refractivity contribution in [3.8, 4) is 22.6 Å². The molecule has 0 atom stereocenters. The largest absolute Gasteiger partial charge is 0.493 e. The molecule has 0 amide bonds. The van der Waals surface area contributed by atoms with Crippen LogP contribution in [0.4, 0.5) is 0 Å². The smallest absolute Gasteiger partial charge is 0.329 e. The molecule has 8 heteroatoms. The normalized spacial score (nSPS) is 17.0. The first-order valence-electron chi connectivity index (χ1n) is 12.8. The Balaban J connectivity index is 1.18. The number of carbonyl (C=O) groups is 1. The van der Waals surface area contributed by atoms with Crippen LogP contribution < -0.4 is 9.47 Å². The van der Waals surface area contributed by atoms with Gasteiger partial charge in [0, 0.05) is 18.8 Å². The topological polar surface area (TPSA) is 83.5 Å². The van der Waals surface area contributed by atoms with Gasteiger partial charge in [0.05, 0.1) is 24.8 Å². The molecule has 200 valence electrons. The van der Waals surface area contributed by atoms with E-state index in [9.17, 15) is 4.79 Å². The van der Waals surface area contributed by atoms with Gasteiger partial charge in [0.1, 0.15) is 30.3 Å². The van der Waals surface area contributed by atoms with Gasteiger partial charge in [0.25, 0.3) is 0 Å². The van der Waals surface area contributed by atoms with Crippen molar-refractivity contribution in [3.05, 3.63) is 82.9 Å². The lowest BCUT2D eigenvalue weighted by Crippen LogP contribution is -2.49. The zero-order valence-electron chi connectivity index (χ0n) is 21.1. The molecule has 2 aliphatic heterocycles. The zero-order chi connectivity index (χ0) is 26.4. The lowest BCUT2D eigenvalue weighted by Gasteiger charge is -2.41. The first kappa shape index (κ1) is 26.5. The summed E-state index contributed by atoms with van der Waals surface area (Å²) in [6.45, 7) is 2.97. The summed E-state index contributed by atoms with van der Waals surface area (Å²) in [7, 11) is 0. The monoisotopic (exact) mass is 538 g/mol. The molecule has 38 heavy (non-hydrogen) atoms. The van der Waals surface area contributed by atoms with Crippen LogP contribution in [-0.2, 0) is 31.2 Å². The Morgan fingerprint density at radius 1 is 0.947 bits per heavy atom. The highest BCUT2D eigenvalue weighted by molar-refractivity contribution is 6.33. The summed E-state index contributed by atoms with van der Waals surface area (Å²) < 4.78 is 28.3. The summed E-state index contributed by atoms with van der Waals surface area (Å²) in [4.78, 5) is 10.9. The molecule has 0 saturated carbocycles. The number of ether oxygens (including phenoxy) is 5. The third-order valence-corrected chi connectivity index (χ3v) is 7.25. The van der Waals surface area contributed by atoms with E-state index < -0.39 is 11.6 Å². The maximum Gasteiger partial charge on any atom is 0.329 e. The highest BCUT2D eigenvalue weighted by Crippen LogP contribution is 2.35. The second kappa shape index (κ2) is 12.2. The van der Waals surface area contributed by atoms with Crippen LogP contribution >= 0.6 is 11.6 Å². The molecule has 7 nitrogen and oxygen atoms in total. The molecule has 0 bridgehead atoms. The molecule has 0 aromatic heterocycles. The van der Waals surface area contributed by atoms with E-state index in [1.54, 1.807) is 0 Å². The molecule has 2 heterocycles. The van der Waals surface area contributed by atoms with Gasteiger partial charge in [-0.25, -0.2) is 4.79 Å². The lowest BCUT2D eigenvalue weighted by molar-refractivity contribution is -0.220. The van der Waals surface area contributed by atoms with Crippen molar-refractivity contribution in [2.24, 2.45) is 5.92 Å². The predicted molar refractivity (Wildman–Crippen MR) is 143 cm³/mol. The van der Waals surface area contributed by atoms with Gasteiger partial charge >= 0.3 is 5.97 Å². The number of hydrogen-bond acceptors (Lipinski definition) is 6. The van der Waals surface area contributed by atoms with E-state index in [2.05, 4.69) is 6.07 Å². The summed E-state index contributed by atoms with van der Waals surface area (Å²) in [5.74, 6) is 0.997. The van der Waals surface area contributed by atoms with Crippen LogP contribution in [0.5, 0.6) is 11.5 Å². The number of benzene rings is 3. The first-order chi connectivity index (χ1) is 18.5. The Morgan fingerprint density at radius 3 is 2.39 bits per heavy atom. The van der Waals surface area contributed by atoms with Gasteiger partial charge in [-0.1, -0.05) is 41.9 Å². The number of hydrogen-bond donors (Lipinski definition) is 1. The van der Waals surface area contributed by atoms with Crippen molar-refractivity contribution in [2.45, 2.75) is 25.0 Å². The average molecular weight is 539 g/mol. The van der Waals surface area contributed by atoms with Crippen LogP contribution in [0.3, 0.4) is 0 Å². The average Bonchev–Trinajstić information content (AvgIpc) is 2.91. The van der Waals surface area contributed by atoms with Crippen molar-refractivity contribution < 1.29 is 33.6 Å². The summed E-state index contributed by atoms with van der Waals surface area (Å²) in [5.41, 5.74) is 3.11. The Hall–Kier alpha value is -3.10. The SMILES string of the molecule is O=C(O)COC1(c2ccc(OCc3cccc(-c4ccc(OCC5CCOCC5)cc4Cl)c3)cc2)COC1. The number of carboxylic acids is 1. The Labute approximate surface area is 227 Å². The zero-order valence-corrected chi connectivity index (χ0v) is 21.8. The molecule has 1 N–H and O–H groups in total. The Kier molecular flexibility index (Phi) is 8.49. The molecule has 0 unspecified atom stereocenters. The van der Waals surface area contributed by atoms with Gasteiger partial charge < -0.3 is 28.8 Å². The van der Waals surface area contributed by atoms with E-state index in [1.807, 2.05) is 60.7 Å². The maximum atomic E-state index is 10.9. The fraction of sp³-hybridized carbons (Fsp3) is 0.367. The van der Waals surface area contributed by atoms with Crippen LogP contribution in [0.25, 0.3) is 11.1 Å². The highest BCUT2D eigenvalue weighted by atomic mass is 35.5. The van der Waals surface area contributed by atoms with Crippen LogP contribution in [0.2, 0.25) is 5.02 Å².